The summed E-state index contributed by atoms with van der Waals surface area (Å²) in [6.07, 6.45) is 9.90. The van der Waals surface area contributed by atoms with Crippen LogP contribution in [0.5, 0.6) is 0 Å². The first-order valence-electron chi connectivity index (χ1n) is 4.61. The van der Waals surface area contributed by atoms with Gasteiger partial charge in [-0.2, -0.15) is 0 Å². The lowest BCUT2D eigenvalue weighted by Gasteiger charge is -2.14. The second-order valence-corrected chi connectivity index (χ2v) is 3.02. The Morgan fingerprint density at radius 2 is 2.17 bits per heavy atom. The van der Waals surface area contributed by atoms with Crippen molar-refractivity contribution < 1.29 is 0 Å². The van der Waals surface area contributed by atoms with E-state index < -0.39 is 0 Å². The molecule has 0 spiro atoms. The molecule has 66 valence electrons. The van der Waals surface area contributed by atoms with Crippen molar-refractivity contribution in [3.05, 3.63) is 35.1 Å². The first kappa shape index (κ1) is 9.11. The van der Waals surface area contributed by atoms with Crippen LogP contribution >= 0.6 is 0 Å². The van der Waals surface area contributed by atoms with Crippen LogP contribution in [-0.4, -0.2) is 0 Å². The minimum absolute atomic E-state index is 0.919. The standard InChI is InChI=1S/C11H17N/c1-3-9-7-5-6-8-10(9)11(12)4-2/h4,7-8H,3,5-6,12H2,1-2H3/b11-4+. The van der Waals surface area contributed by atoms with E-state index in [9.17, 15) is 0 Å². The van der Waals surface area contributed by atoms with E-state index in [0.29, 0.717) is 0 Å². The molecular weight excluding hydrogens is 146 g/mol. The van der Waals surface area contributed by atoms with E-state index in [0.717, 1.165) is 18.5 Å². The third kappa shape index (κ3) is 1.79. The first-order chi connectivity index (χ1) is 5.79. The summed E-state index contributed by atoms with van der Waals surface area (Å²) in [5, 5.41) is 0. The lowest BCUT2D eigenvalue weighted by Crippen LogP contribution is -2.05. The van der Waals surface area contributed by atoms with Gasteiger partial charge in [-0.25, -0.2) is 0 Å². The maximum Gasteiger partial charge on any atom is 0.0343 e. The molecule has 0 radical (unpaired) electrons. The Bertz CT molecular complexity index is 244. The maximum atomic E-state index is 5.87. The number of hydrogen-bond acceptors (Lipinski definition) is 1. The summed E-state index contributed by atoms with van der Waals surface area (Å²) in [7, 11) is 0. The van der Waals surface area contributed by atoms with Gasteiger partial charge < -0.3 is 5.73 Å². The molecule has 1 nitrogen and oxygen atoms in total. The highest BCUT2D eigenvalue weighted by Gasteiger charge is 2.07. The Labute approximate surface area is 74.7 Å². The van der Waals surface area contributed by atoms with E-state index in [-0.39, 0.29) is 0 Å². The highest BCUT2D eigenvalue weighted by atomic mass is 14.6. The van der Waals surface area contributed by atoms with Crippen molar-refractivity contribution in [2.75, 3.05) is 0 Å². The van der Waals surface area contributed by atoms with E-state index in [1.54, 1.807) is 0 Å². The molecule has 0 aromatic rings. The average molecular weight is 163 g/mol. The minimum Gasteiger partial charge on any atom is -0.399 e. The second kappa shape index (κ2) is 4.15. The third-order valence-electron chi connectivity index (χ3n) is 2.25. The summed E-state index contributed by atoms with van der Waals surface area (Å²) < 4.78 is 0. The van der Waals surface area contributed by atoms with Gasteiger partial charge in [0, 0.05) is 5.70 Å². The van der Waals surface area contributed by atoms with Crippen molar-refractivity contribution in [1.29, 1.82) is 0 Å². The van der Waals surface area contributed by atoms with E-state index in [1.807, 2.05) is 13.0 Å². The maximum absolute atomic E-state index is 5.87. The molecule has 2 N–H and O–H groups in total. The highest BCUT2D eigenvalue weighted by molar-refractivity contribution is 5.46. The first-order valence-corrected chi connectivity index (χ1v) is 4.61. The molecule has 0 saturated carbocycles. The summed E-state index contributed by atoms with van der Waals surface area (Å²) >= 11 is 0. The molecule has 0 aliphatic heterocycles. The lowest BCUT2D eigenvalue weighted by molar-refractivity contribution is 0.952. The molecule has 1 aliphatic carbocycles. The van der Waals surface area contributed by atoms with E-state index in [2.05, 4.69) is 19.1 Å². The van der Waals surface area contributed by atoms with Crippen LogP contribution in [0.15, 0.2) is 35.1 Å². The zero-order chi connectivity index (χ0) is 8.97. The fourth-order valence-electron chi connectivity index (χ4n) is 1.52. The van der Waals surface area contributed by atoms with Gasteiger partial charge in [0.05, 0.1) is 0 Å². The topological polar surface area (TPSA) is 26.0 Å². The summed E-state index contributed by atoms with van der Waals surface area (Å²) in [6.45, 7) is 4.16. The molecule has 0 unspecified atom stereocenters. The molecule has 0 bridgehead atoms. The lowest BCUT2D eigenvalue weighted by atomic mass is 9.93. The Kier molecular flexibility index (Phi) is 3.15. The van der Waals surface area contributed by atoms with Gasteiger partial charge in [0.2, 0.25) is 0 Å². The van der Waals surface area contributed by atoms with Gasteiger partial charge in [-0.15, -0.1) is 0 Å². The number of hydrogen-bond donors (Lipinski definition) is 1. The molecule has 1 heteroatoms. The molecule has 0 saturated heterocycles. The van der Waals surface area contributed by atoms with Crippen LogP contribution in [-0.2, 0) is 0 Å². The van der Waals surface area contributed by atoms with Crippen molar-refractivity contribution in [3.8, 4) is 0 Å². The minimum atomic E-state index is 0.919. The summed E-state index contributed by atoms with van der Waals surface area (Å²) in [5.74, 6) is 0. The number of rotatable bonds is 2. The fraction of sp³-hybridized carbons (Fsp3) is 0.455. The van der Waals surface area contributed by atoms with Gasteiger partial charge in [0.15, 0.2) is 0 Å². The molecule has 0 aromatic heterocycles. The normalized spacial score (nSPS) is 18.7. The zero-order valence-corrected chi connectivity index (χ0v) is 7.93. The quantitative estimate of drug-likeness (QED) is 0.665. The van der Waals surface area contributed by atoms with Crippen molar-refractivity contribution in [3.63, 3.8) is 0 Å². The monoisotopic (exact) mass is 163 g/mol. The molecule has 0 heterocycles. The molecule has 1 aliphatic rings. The van der Waals surface area contributed by atoms with Gasteiger partial charge in [-0.3, -0.25) is 0 Å². The second-order valence-electron chi connectivity index (χ2n) is 3.02. The van der Waals surface area contributed by atoms with E-state index in [4.69, 9.17) is 5.73 Å². The molecular formula is C11H17N. The van der Waals surface area contributed by atoms with Crippen molar-refractivity contribution in [1.82, 2.24) is 0 Å². The Morgan fingerprint density at radius 3 is 2.75 bits per heavy atom. The zero-order valence-electron chi connectivity index (χ0n) is 7.93. The summed E-state index contributed by atoms with van der Waals surface area (Å²) in [5.41, 5.74) is 9.44. The van der Waals surface area contributed by atoms with Crippen LogP contribution in [0, 0.1) is 0 Å². The Balaban J connectivity index is 2.88. The third-order valence-corrected chi connectivity index (χ3v) is 2.25. The average Bonchev–Trinajstić information content (AvgIpc) is 2.16. The molecule has 0 amide bonds. The van der Waals surface area contributed by atoms with Gasteiger partial charge >= 0.3 is 0 Å². The number of nitrogens with two attached hydrogens (primary N) is 1. The molecule has 0 aromatic carbocycles. The predicted octanol–water partition coefficient (Wildman–Crippen LogP) is 2.91. The van der Waals surface area contributed by atoms with Gasteiger partial charge in [0.25, 0.3) is 0 Å². The molecule has 12 heavy (non-hydrogen) atoms. The SMILES string of the molecule is C/C=C(/N)C1=CCCC=C1CC. The molecule has 1 rings (SSSR count). The van der Waals surface area contributed by atoms with Gasteiger partial charge in [0.1, 0.15) is 0 Å². The van der Waals surface area contributed by atoms with Crippen LogP contribution in [0.2, 0.25) is 0 Å². The largest absolute Gasteiger partial charge is 0.399 e. The van der Waals surface area contributed by atoms with Crippen molar-refractivity contribution >= 4 is 0 Å². The van der Waals surface area contributed by atoms with Crippen LogP contribution in [0.25, 0.3) is 0 Å². The highest BCUT2D eigenvalue weighted by Crippen LogP contribution is 2.24. The fourth-order valence-corrected chi connectivity index (χ4v) is 1.52. The number of allylic oxidation sites excluding steroid dienone is 4. The van der Waals surface area contributed by atoms with Crippen molar-refractivity contribution in [2.24, 2.45) is 5.73 Å². The van der Waals surface area contributed by atoms with Crippen LogP contribution in [0.1, 0.15) is 33.1 Å². The Morgan fingerprint density at radius 1 is 1.50 bits per heavy atom. The van der Waals surface area contributed by atoms with E-state index >= 15 is 0 Å². The summed E-state index contributed by atoms with van der Waals surface area (Å²) in [6, 6.07) is 0. The molecule has 0 atom stereocenters. The van der Waals surface area contributed by atoms with Crippen molar-refractivity contribution in [2.45, 2.75) is 33.1 Å². The predicted molar refractivity (Wildman–Crippen MR) is 53.6 cm³/mol. The van der Waals surface area contributed by atoms with Crippen LogP contribution in [0.3, 0.4) is 0 Å². The van der Waals surface area contributed by atoms with Gasteiger partial charge in [-0.05, 0) is 37.3 Å². The smallest absolute Gasteiger partial charge is 0.0343 e. The summed E-state index contributed by atoms with van der Waals surface area (Å²) in [4.78, 5) is 0. The van der Waals surface area contributed by atoms with Crippen LogP contribution < -0.4 is 5.73 Å². The van der Waals surface area contributed by atoms with E-state index in [1.165, 1.54) is 17.6 Å². The Hall–Kier alpha value is -0.980. The van der Waals surface area contributed by atoms with Crippen LogP contribution in [0.4, 0.5) is 0 Å². The van der Waals surface area contributed by atoms with Gasteiger partial charge in [-0.1, -0.05) is 25.2 Å². The molecule has 0 fully saturated rings.